The largest absolute Gasteiger partial charge is 0.491 e. The molecule has 1 heterocycles. The Hall–Kier alpha value is -1.00. The van der Waals surface area contributed by atoms with Crippen molar-refractivity contribution in [1.29, 1.82) is 0 Å². The Balaban J connectivity index is 1.08. The SMILES string of the molecule is Clc1ccc(OCCN2CC(CN[C@@H]3C[C@H]3C3=CCCC=C3)C2)c(Cl)c1. The van der Waals surface area contributed by atoms with E-state index in [-0.39, 0.29) is 0 Å². The lowest BCUT2D eigenvalue weighted by Gasteiger charge is -2.39. The first-order valence-electron chi connectivity index (χ1n) is 9.59. The molecule has 140 valence electrons. The van der Waals surface area contributed by atoms with Crippen LogP contribution in [0.3, 0.4) is 0 Å². The van der Waals surface area contributed by atoms with Crippen LogP contribution in [0.25, 0.3) is 0 Å². The minimum atomic E-state index is 0.574. The zero-order valence-corrected chi connectivity index (χ0v) is 16.5. The van der Waals surface area contributed by atoms with Gasteiger partial charge in [0.2, 0.25) is 0 Å². The zero-order chi connectivity index (χ0) is 17.9. The molecule has 0 unspecified atom stereocenters. The van der Waals surface area contributed by atoms with Crippen LogP contribution in [0.4, 0.5) is 0 Å². The number of halogens is 2. The summed E-state index contributed by atoms with van der Waals surface area (Å²) >= 11 is 12.0. The van der Waals surface area contributed by atoms with Crippen molar-refractivity contribution >= 4 is 23.2 Å². The van der Waals surface area contributed by atoms with Gasteiger partial charge in [0, 0.05) is 43.2 Å². The summed E-state index contributed by atoms with van der Waals surface area (Å²) in [6.45, 7) is 5.06. The standard InChI is InChI=1S/C21H26Cl2N2O/c22-17-6-7-21(19(23)10-17)26-9-8-25-13-15(14-25)12-24-20-11-18(20)16-4-2-1-3-5-16/h2,4-7,10,15,18,20,24H,1,3,8-9,11-14H2/t18-,20+/m0/s1. The molecule has 2 atom stereocenters. The molecule has 4 rings (SSSR count). The molecular weight excluding hydrogens is 367 g/mol. The van der Waals surface area contributed by atoms with Gasteiger partial charge in [-0.15, -0.1) is 0 Å². The Morgan fingerprint density at radius 3 is 2.85 bits per heavy atom. The first-order valence-corrected chi connectivity index (χ1v) is 10.3. The number of ether oxygens (including phenoxy) is 1. The molecule has 1 saturated heterocycles. The molecule has 1 N–H and O–H groups in total. The molecule has 1 aliphatic heterocycles. The minimum Gasteiger partial charge on any atom is -0.491 e. The van der Waals surface area contributed by atoms with Gasteiger partial charge in [0.15, 0.2) is 0 Å². The van der Waals surface area contributed by atoms with Crippen LogP contribution in [0, 0.1) is 11.8 Å². The molecule has 2 fully saturated rings. The number of nitrogens with one attached hydrogen (secondary N) is 1. The Morgan fingerprint density at radius 2 is 2.08 bits per heavy atom. The molecule has 1 aromatic rings. The lowest BCUT2D eigenvalue weighted by Crippen LogP contribution is -2.52. The normalized spacial score (nSPS) is 25.7. The molecule has 0 bridgehead atoms. The van der Waals surface area contributed by atoms with E-state index in [1.165, 1.54) is 19.3 Å². The fraction of sp³-hybridized carbons (Fsp3) is 0.524. The lowest BCUT2D eigenvalue weighted by molar-refractivity contribution is 0.0820. The van der Waals surface area contributed by atoms with Crippen molar-refractivity contribution in [3.8, 4) is 5.75 Å². The number of likely N-dealkylation sites (tertiary alicyclic amines) is 1. The summed E-state index contributed by atoms with van der Waals surface area (Å²) in [4.78, 5) is 2.44. The third-order valence-corrected chi connectivity index (χ3v) is 6.03. The van der Waals surface area contributed by atoms with Gasteiger partial charge in [-0.25, -0.2) is 0 Å². The van der Waals surface area contributed by atoms with E-state index in [1.807, 2.05) is 6.07 Å². The van der Waals surface area contributed by atoms with Crippen molar-refractivity contribution in [3.05, 3.63) is 52.0 Å². The average molecular weight is 393 g/mol. The van der Waals surface area contributed by atoms with E-state index in [0.29, 0.717) is 28.4 Å². The molecule has 0 radical (unpaired) electrons. The molecule has 1 aromatic carbocycles. The van der Waals surface area contributed by atoms with Crippen LogP contribution in [-0.4, -0.2) is 43.7 Å². The van der Waals surface area contributed by atoms with Gasteiger partial charge in [0.1, 0.15) is 12.4 Å². The second-order valence-electron chi connectivity index (χ2n) is 7.59. The van der Waals surface area contributed by atoms with Crippen LogP contribution in [-0.2, 0) is 0 Å². The van der Waals surface area contributed by atoms with Crippen molar-refractivity contribution in [3.63, 3.8) is 0 Å². The number of rotatable bonds is 8. The van der Waals surface area contributed by atoms with Crippen LogP contribution in [0.2, 0.25) is 10.0 Å². The number of nitrogens with zero attached hydrogens (tertiary/aromatic N) is 1. The Bertz CT molecular complexity index is 697. The van der Waals surface area contributed by atoms with E-state index in [0.717, 1.165) is 38.0 Å². The smallest absolute Gasteiger partial charge is 0.138 e. The van der Waals surface area contributed by atoms with E-state index in [2.05, 4.69) is 28.4 Å². The molecule has 26 heavy (non-hydrogen) atoms. The van der Waals surface area contributed by atoms with Crippen molar-refractivity contribution < 1.29 is 4.74 Å². The number of allylic oxidation sites excluding steroid dienone is 3. The van der Waals surface area contributed by atoms with E-state index in [1.54, 1.807) is 17.7 Å². The summed E-state index contributed by atoms with van der Waals surface area (Å²) in [6, 6.07) is 6.05. The first-order chi connectivity index (χ1) is 12.7. The quantitative estimate of drug-likeness (QED) is 0.701. The predicted octanol–water partition coefficient (Wildman–Crippen LogP) is 4.56. The molecule has 1 saturated carbocycles. The first kappa shape index (κ1) is 18.4. The van der Waals surface area contributed by atoms with E-state index >= 15 is 0 Å². The summed E-state index contributed by atoms with van der Waals surface area (Å²) in [5, 5.41) is 4.97. The van der Waals surface area contributed by atoms with Gasteiger partial charge in [-0.1, -0.05) is 41.4 Å². The van der Waals surface area contributed by atoms with Gasteiger partial charge in [-0.2, -0.15) is 0 Å². The second-order valence-corrected chi connectivity index (χ2v) is 8.43. The van der Waals surface area contributed by atoms with E-state index in [9.17, 15) is 0 Å². The van der Waals surface area contributed by atoms with E-state index < -0.39 is 0 Å². The highest BCUT2D eigenvalue weighted by Gasteiger charge is 2.39. The van der Waals surface area contributed by atoms with Gasteiger partial charge < -0.3 is 10.1 Å². The Morgan fingerprint density at radius 1 is 1.19 bits per heavy atom. The topological polar surface area (TPSA) is 24.5 Å². The predicted molar refractivity (Wildman–Crippen MR) is 108 cm³/mol. The number of hydrogen-bond donors (Lipinski definition) is 1. The third-order valence-electron chi connectivity index (χ3n) is 5.50. The van der Waals surface area contributed by atoms with Crippen LogP contribution < -0.4 is 10.1 Å². The van der Waals surface area contributed by atoms with Crippen LogP contribution >= 0.6 is 23.2 Å². The maximum Gasteiger partial charge on any atom is 0.138 e. The molecular formula is C21H26Cl2N2O. The summed E-state index contributed by atoms with van der Waals surface area (Å²) < 4.78 is 5.76. The maximum absolute atomic E-state index is 6.12. The van der Waals surface area contributed by atoms with Gasteiger partial charge >= 0.3 is 0 Å². The Kier molecular flexibility index (Phi) is 5.90. The molecule has 0 spiro atoms. The van der Waals surface area contributed by atoms with Crippen molar-refractivity contribution in [2.75, 3.05) is 32.8 Å². The summed E-state index contributed by atoms with van der Waals surface area (Å²) in [7, 11) is 0. The van der Waals surface area contributed by atoms with Crippen molar-refractivity contribution in [2.24, 2.45) is 11.8 Å². The highest BCUT2D eigenvalue weighted by atomic mass is 35.5. The van der Waals surface area contributed by atoms with Crippen molar-refractivity contribution in [2.45, 2.75) is 25.3 Å². The molecule has 0 aromatic heterocycles. The molecule has 5 heteroatoms. The van der Waals surface area contributed by atoms with Crippen molar-refractivity contribution in [1.82, 2.24) is 10.2 Å². The lowest BCUT2D eigenvalue weighted by atomic mass is 10.00. The average Bonchev–Trinajstić information content (AvgIpc) is 3.38. The maximum atomic E-state index is 6.12. The highest BCUT2D eigenvalue weighted by molar-refractivity contribution is 6.35. The van der Waals surface area contributed by atoms with Gasteiger partial charge in [0.05, 0.1) is 5.02 Å². The Labute approximate surface area is 166 Å². The molecule has 0 amide bonds. The molecule has 3 nitrogen and oxygen atoms in total. The fourth-order valence-electron chi connectivity index (χ4n) is 3.88. The zero-order valence-electron chi connectivity index (χ0n) is 15.0. The fourth-order valence-corrected chi connectivity index (χ4v) is 4.34. The molecule has 2 aliphatic carbocycles. The summed E-state index contributed by atoms with van der Waals surface area (Å²) in [5.41, 5.74) is 1.56. The second kappa shape index (κ2) is 8.35. The monoisotopic (exact) mass is 392 g/mol. The van der Waals surface area contributed by atoms with Crippen LogP contribution in [0.15, 0.2) is 42.0 Å². The minimum absolute atomic E-state index is 0.574. The number of benzene rings is 1. The van der Waals surface area contributed by atoms with E-state index in [4.69, 9.17) is 27.9 Å². The summed E-state index contributed by atoms with van der Waals surface area (Å²) in [5.74, 6) is 2.24. The number of hydrogen-bond acceptors (Lipinski definition) is 3. The van der Waals surface area contributed by atoms with Gasteiger partial charge in [-0.05, 0) is 49.0 Å². The van der Waals surface area contributed by atoms with Crippen LogP contribution in [0.1, 0.15) is 19.3 Å². The van der Waals surface area contributed by atoms with Gasteiger partial charge in [0.25, 0.3) is 0 Å². The summed E-state index contributed by atoms with van der Waals surface area (Å²) in [6.07, 6.45) is 10.8. The molecule has 3 aliphatic rings. The highest BCUT2D eigenvalue weighted by Crippen LogP contribution is 2.39. The van der Waals surface area contributed by atoms with Crippen LogP contribution in [0.5, 0.6) is 5.75 Å². The third kappa shape index (κ3) is 4.64. The van der Waals surface area contributed by atoms with Gasteiger partial charge in [-0.3, -0.25) is 4.90 Å².